The molecule has 0 bridgehead atoms. The van der Waals surface area contributed by atoms with Crippen LogP contribution >= 0.6 is 11.6 Å². The fourth-order valence-corrected chi connectivity index (χ4v) is 3.80. The zero-order valence-corrected chi connectivity index (χ0v) is 16.9. The van der Waals surface area contributed by atoms with Gasteiger partial charge < -0.3 is 10.2 Å². The van der Waals surface area contributed by atoms with Gasteiger partial charge in [-0.2, -0.15) is 0 Å². The van der Waals surface area contributed by atoms with Gasteiger partial charge in [0.1, 0.15) is 5.82 Å². The van der Waals surface area contributed by atoms with Gasteiger partial charge in [0.15, 0.2) is 0 Å². The molecular formula is C24H20ClFN2O2. The van der Waals surface area contributed by atoms with Crippen molar-refractivity contribution in [2.24, 2.45) is 0 Å². The number of carbonyl (C=O) groups excluding carboxylic acids is 2. The molecule has 6 heteroatoms. The summed E-state index contributed by atoms with van der Waals surface area (Å²) >= 11 is 5.90. The molecule has 4 nitrogen and oxygen atoms in total. The highest BCUT2D eigenvalue weighted by molar-refractivity contribution is 6.30. The van der Waals surface area contributed by atoms with Crippen molar-refractivity contribution in [2.75, 3.05) is 0 Å². The third kappa shape index (κ3) is 4.36. The van der Waals surface area contributed by atoms with Gasteiger partial charge in [0, 0.05) is 23.7 Å². The Morgan fingerprint density at radius 1 is 1.03 bits per heavy atom. The lowest BCUT2D eigenvalue weighted by molar-refractivity contribution is -0.122. The van der Waals surface area contributed by atoms with E-state index in [1.54, 1.807) is 35.2 Å². The molecule has 4 rings (SSSR count). The summed E-state index contributed by atoms with van der Waals surface area (Å²) in [5.41, 5.74) is 3.22. The Labute approximate surface area is 179 Å². The summed E-state index contributed by atoms with van der Waals surface area (Å²) in [7, 11) is 0. The molecule has 30 heavy (non-hydrogen) atoms. The molecule has 1 aliphatic rings. The first-order valence-corrected chi connectivity index (χ1v) is 10.0. The quantitative estimate of drug-likeness (QED) is 0.615. The van der Waals surface area contributed by atoms with Crippen LogP contribution in [0, 0.1) is 5.82 Å². The lowest BCUT2D eigenvalue weighted by Crippen LogP contribution is -2.34. The average Bonchev–Trinajstić information content (AvgIpc) is 3.09. The number of carbonyl (C=O) groups is 2. The maximum Gasteiger partial charge on any atom is 0.255 e. The smallest absolute Gasteiger partial charge is 0.255 e. The molecular weight excluding hydrogens is 403 g/mol. The van der Waals surface area contributed by atoms with Gasteiger partial charge in [-0.05, 0) is 47.0 Å². The van der Waals surface area contributed by atoms with E-state index in [0.29, 0.717) is 23.7 Å². The highest BCUT2D eigenvalue weighted by atomic mass is 35.5. The van der Waals surface area contributed by atoms with Crippen molar-refractivity contribution >= 4 is 23.4 Å². The third-order valence-electron chi connectivity index (χ3n) is 5.26. The number of halogens is 2. The molecule has 0 aromatic heterocycles. The molecule has 0 saturated heterocycles. The zero-order valence-electron chi connectivity index (χ0n) is 16.1. The number of fused-ring (bicyclic) bond motifs is 1. The Morgan fingerprint density at radius 3 is 2.43 bits per heavy atom. The summed E-state index contributed by atoms with van der Waals surface area (Å²) in [6, 6.07) is 20.1. The van der Waals surface area contributed by atoms with Crippen LogP contribution in [0.2, 0.25) is 5.02 Å². The van der Waals surface area contributed by atoms with E-state index in [0.717, 1.165) is 16.7 Å². The minimum atomic E-state index is -0.490. The summed E-state index contributed by atoms with van der Waals surface area (Å²) in [5.74, 6) is -0.672. The van der Waals surface area contributed by atoms with Gasteiger partial charge in [-0.25, -0.2) is 4.39 Å². The third-order valence-corrected chi connectivity index (χ3v) is 5.51. The van der Waals surface area contributed by atoms with Crippen molar-refractivity contribution in [3.63, 3.8) is 0 Å². The van der Waals surface area contributed by atoms with E-state index in [1.165, 1.54) is 12.1 Å². The van der Waals surface area contributed by atoms with Crippen LogP contribution in [-0.4, -0.2) is 16.7 Å². The number of amides is 2. The Bertz CT molecular complexity index is 1070. The number of hydrogen-bond donors (Lipinski definition) is 1. The van der Waals surface area contributed by atoms with E-state index in [4.69, 9.17) is 11.6 Å². The van der Waals surface area contributed by atoms with Crippen LogP contribution in [0.25, 0.3) is 0 Å². The second kappa shape index (κ2) is 8.67. The molecule has 1 heterocycles. The van der Waals surface area contributed by atoms with Crippen molar-refractivity contribution in [1.29, 1.82) is 0 Å². The predicted molar refractivity (Wildman–Crippen MR) is 113 cm³/mol. The van der Waals surface area contributed by atoms with Gasteiger partial charge in [-0.3, -0.25) is 9.59 Å². The summed E-state index contributed by atoms with van der Waals surface area (Å²) < 4.78 is 13.4. The minimum Gasteiger partial charge on any atom is -0.352 e. The van der Waals surface area contributed by atoms with Crippen molar-refractivity contribution in [1.82, 2.24) is 10.2 Å². The van der Waals surface area contributed by atoms with Crippen LogP contribution < -0.4 is 5.32 Å². The number of benzene rings is 3. The first-order chi connectivity index (χ1) is 14.5. The van der Waals surface area contributed by atoms with Gasteiger partial charge in [0.25, 0.3) is 5.91 Å². The first kappa shape index (κ1) is 20.1. The fourth-order valence-electron chi connectivity index (χ4n) is 3.67. The number of nitrogens with zero attached hydrogens (tertiary/aromatic N) is 1. The van der Waals surface area contributed by atoms with E-state index in [-0.39, 0.29) is 24.1 Å². The molecule has 2 amide bonds. The SMILES string of the molecule is O=C(CC(c1ccc(F)cc1)N1Cc2ccccc2C1=O)NCc1ccc(Cl)cc1. The molecule has 3 aromatic rings. The van der Waals surface area contributed by atoms with Crippen molar-refractivity contribution in [3.8, 4) is 0 Å². The van der Waals surface area contributed by atoms with E-state index < -0.39 is 6.04 Å². The summed E-state index contributed by atoms with van der Waals surface area (Å²) in [6.45, 7) is 0.780. The van der Waals surface area contributed by atoms with Crippen LogP contribution in [-0.2, 0) is 17.9 Å². The Morgan fingerprint density at radius 2 is 1.73 bits per heavy atom. The largest absolute Gasteiger partial charge is 0.352 e. The Kier molecular flexibility index (Phi) is 5.81. The second-order valence-corrected chi connectivity index (χ2v) is 7.70. The van der Waals surface area contributed by atoms with E-state index >= 15 is 0 Å². The maximum atomic E-state index is 13.4. The predicted octanol–water partition coefficient (Wildman–Crippen LogP) is 4.88. The second-order valence-electron chi connectivity index (χ2n) is 7.26. The van der Waals surface area contributed by atoms with Crippen LogP contribution in [0.15, 0.2) is 72.8 Å². The summed E-state index contributed by atoms with van der Waals surface area (Å²) in [6.07, 6.45) is 0.0823. The van der Waals surface area contributed by atoms with E-state index in [1.807, 2.05) is 30.3 Å². The molecule has 0 radical (unpaired) electrons. The molecule has 1 unspecified atom stereocenters. The molecule has 1 aliphatic heterocycles. The molecule has 1 atom stereocenters. The highest BCUT2D eigenvalue weighted by Crippen LogP contribution is 2.33. The van der Waals surface area contributed by atoms with Crippen molar-refractivity contribution in [3.05, 3.63) is 106 Å². The van der Waals surface area contributed by atoms with Crippen LogP contribution in [0.3, 0.4) is 0 Å². The minimum absolute atomic E-state index is 0.0823. The Balaban J connectivity index is 1.52. The molecule has 3 aromatic carbocycles. The summed E-state index contributed by atoms with van der Waals surface area (Å²) in [4.78, 5) is 27.4. The molecule has 152 valence electrons. The summed E-state index contributed by atoms with van der Waals surface area (Å²) in [5, 5.41) is 3.53. The number of nitrogens with one attached hydrogen (secondary N) is 1. The van der Waals surface area contributed by atoms with Crippen molar-refractivity contribution < 1.29 is 14.0 Å². The number of hydrogen-bond acceptors (Lipinski definition) is 2. The topological polar surface area (TPSA) is 49.4 Å². The molecule has 0 saturated carbocycles. The van der Waals surface area contributed by atoms with Crippen LogP contribution in [0.4, 0.5) is 4.39 Å². The fraction of sp³-hybridized carbons (Fsp3) is 0.167. The number of rotatable bonds is 6. The lowest BCUT2D eigenvalue weighted by Gasteiger charge is -2.28. The zero-order chi connectivity index (χ0) is 21.1. The standard InChI is InChI=1S/C24H20ClFN2O2/c25-19-9-5-16(6-10-19)14-27-23(29)13-22(17-7-11-20(26)12-8-17)28-15-18-3-1-2-4-21(18)24(28)30/h1-12,22H,13-15H2,(H,27,29). The van der Waals surface area contributed by atoms with E-state index in [9.17, 15) is 14.0 Å². The molecule has 0 fully saturated rings. The van der Waals surface area contributed by atoms with Gasteiger partial charge in [-0.1, -0.05) is 54.1 Å². The Hall–Kier alpha value is -3.18. The van der Waals surface area contributed by atoms with Gasteiger partial charge in [0.2, 0.25) is 5.91 Å². The normalized spacial score (nSPS) is 13.8. The lowest BCUT2D eigenvalue weighted by atomic mass is 10.0. The van der Waals surface area contributed by atoms with E-state index in [2.05, 4.69) is 5.32 Å². The maximum absolute atomic E-state index is 13.4. The van der Waals surface area contributed by atoms with Crippen molar-refractivity contribution in [2.45, 2.75) is 25.6 Å². The monoisotopic (exact) mass is 422 g/mol. The first-order valence-electron chi connectivity index (χ1n) is 9.67. The molecule has 1 N–H and O–H groups in total. The van der Waals surface area contributed by atoms with Gasteiger partial charge in [0.05, 0.1) is 12.5 Å². The highest BCUT2D eigenvalue weighted by Gasteiger charge is 2.34. The molecule has 0 aliphatic carbocycles. The molecule has 0 spiro atoms. The van der Waals surface area contributed by atoms with Gasteiger partial charge >= 0.3 is 0 Å². The van der Waals surface area contributed by atoms with Gasteiger partial charge in [-0.15, -0.1) is 0 Å². The van der Waals surface area contributed by atoms with Crippen LogP contribution in [0.1, 0.15) is 39.5 Å². The average molecular weight is 423 g/mol. The van der Waals surface area contributed by atoms with Crippen LogP contribution in [0.5, 0.6) is 0 Å².